The Morgan fingerprint density at radius 3 is 2.50 bits per heavy atom. The highest BCUT2D eigenvalue weighted by atomic mass is 16.5. The van der Waals surface area contributed by atoms with Crippen LogP contribution in [0.2, 0.25) is 0 Å². The lowest BCUT2D eigenvalue weighted by molar-refractivity contribution is -0.138. The molecule has 100 valence electrons. The quantitative estimate of drug-likeness (QED) is 0.687. The number of ether oxygens (including phenoxy) is 1. The second kappa shape index (κ2) is 6.86. The highest BCUT2D eigenvalue weighted by Crippen LogP contribution is 2.16. The summed E-state index contributed by atoms with van der Waals surface area (Å²) in [5.41, 5.74) is 6.32. The summed E-state index contributed by atoms with van der Waals surface area (Å²) in [6.07, 6.45) is 0.539. The van der Waals surface area contributed by atoms with Crippen LogP contribution in [0.15, 0.2) is 24.3 Å². The third-order valence-electron chi connectivity index (χ3n) is 2.33. The van der Waals surface area contributed by atoms with Crippen LogP contribution in [0.1, 0.15) is 20.3 Å². The van der Waals surface area contributed by atoms with E-state index in [0.717, 1.165) is 11.4 Å². The number of benzene rings is 1. The van der Waals surface area contributed by atoms with Gasteiger partial charge in [-0.2, -0.15) is 0 Å². The SMILES string of the molecule is CC(C)Oc1ccc(NCCC(N)C(=O)O)cc1. The van der Waals surface area contributed by atoms with Crippen molar-refractivity contribution in [1.82, 2.24) is 0 Å². The van der Waals surface area contributed by atoms with Gasteiger partial charge in [-0.25, -0.2) is 0 Å². The van der Waals surface area contributed by atoms with E-state index in [1.807, 2.05) is 38.1 Å². The molecule has 1 aromatic carbocycles. The minimum atomic E-state index is -0.975. The maximum Gasteiger partial charge on any atom is 0.320 e. The monoisotopic (exact) mass is 252 g/mol. The number of carboxylic acids is 1. The van der Waals surface area contributed by atoms with E-state index in [4.69, 9.17) is 15.6 Å². The van der Waals surface area contributed by atoms with Crippen molar-refractivity contribution in [2.24, 2.45) is 5.73 Å². The summed E-state index contributed by atoms with van der Waals surface area (Å²) < 4.78 is 5.52. The van der Waals surface area contributed by atoms with Crippen LogP contribution in [0.5, 0.6) is 5.75 Å². The van der Waals surface area contributed by atoms with Crippen LogP contribution < -0.4 is 15.8 Å². The maximum atomic E-state index is 10.5. The summed E-state index contributed by atoms with van der Waals surface area (Å²) in [6.45, 7) is 4.47. The first-order chi connectivity index (χ1) is 8.49. The van der Waals surface area contributed by atoms with Crippen molar-refractivity contribution in [3.63, 3.8) is 0 Å². The number of carbonyl (C=O) groups is 1. The zero-order valence-electron chi connectivity index (χ0n) is 10.7. The summed E-state index contributed by atoms with van der Waals surface area (Å²) in [6, 6.07) is 6.72. The molecule has 0 aliphatic rings. The lowest BCUT2D eigenvalue weighted by Crippen LogP contribution is -2.32. The summed E-state index contributed by atoms with van der Waals surface area (Å²) in [5, 5.41) is 11.7. The van der Waals surface area contributed by atoms with Gasteiger partial charge < -0.3 is 20.9 Å². The van der Waals surface area contributed by atoms with Crippen LogP contribution in [0.4, 0.5) is 5.69 Å². The molecule has 18 heavy (non-hydrogen) atoms. The predicted molar refractivity (Wildman–Crippen MR) is 70.9 cm³/mol. The summed E-state index contributed by atoms with van der Waals surface area (Å²) >= 11 is 0. The van der Waals surface area contributed by atoms with Gasteiger partial charge in [-0.1, -0.05) is 0 Å². The van der Waals surface area contributed by atoms with E-state index >= 15 is 0 Å². The van der Waals surface area contributed by atoms with E-state index in [2.05, 4.69) is 5.32 Å². The van der Waals surface area contributed by atoms with Crippen LogP contribution in [0.3, 0.4) is 0 Å². The number of anilines is 1. The Balaban J connectivity index is 2.37. The lowest BCUT2D eigenvalue weighted by Gasteiger charge is -2.11. The Morgan fingerprint density at radius 1 is 1.39 bits per heavy atom. The average molecular weight is 252 g/mol. The van der Waals surface area contributed by atoms with Crippen LogP contribution in [0, 0.1) is 0 Å². The molecule has 1 rings (SSSR count). The molecular formula is C13H20N2O3. The first kappa shape index (κ1) is 14.3. The fourth-order valence-electron chi connectivity index (χ4n) is 1.42. The largest absolute Gasteiger partial charge is 0.491 e. The Hall–Kier alpha value is -1.75. The molecule has 0 radical (unpaired) electrons. The third-order valence-corrected chi connectivity index (χ3v) is 2.33. The van der Waals surface area contributed by atoms with E-state index in [1.165, 1.54) is 0 Å². The van der Waals surface area contributed by atoms with Gasteiger partial charge in [-0.3, -0.25) is 4.79 Å². The van der Waals surface area contributed by atoms with Crippen molar-refractivity contribution in [3.8, 4) is 5.75 Å². The number of nitrogens with two attached hydrogens (primary N) is 1. The van der Waals surface area contributed by atoms with Crippen molar-refractivity contribution in [2.45, 2.75) is 32.4 Å². The zero-order valence-corrected chi connectivity index (χ0v) is 10.7. The molecule has 5 heteroatoms. The Labute approximate surface area is 107 Å². The number of nitrogens with one attached hydrogen (secondary N) is 1. The summed E-state index contributed by atoms with van der Waals surface area (Å²) in [4.78, 5) is 10.5. The van der Waals surface area contributed by atoms with Gasteiger partial charge in [0.15, 0.2) is 0 Å². The number of hydrogen-bond donors (Lipinski definition) is 3. The van der Waals surface area contributed by atoms with Gasteiger partial charge in [-0.05, 0) is 44.5 Å². The van der Waals surface area contributed by atoms with Crippen molar-refractivity contribution in [1.29, 1.82) is 0 Å². The van der Waals surface area contributed by atoms with Crippen molar-refractivity contribution >= 4 is 11.7 Å². The third kappa shape index (κ3) is 5.05. The van der Waals surface area contributed by atoms with Crippen LogP contribution in [0.25, 0.3) is 0 Å². The fourth-order valence-corrected chi connectivity index (χ4v) is 1.42. The molecule has 0 bridgehead atoms. The van der Waals surface area contributed by atoms with Gasteiger partial charge in [0.25, 0.3) is 0 Å². The lowest BCUT2D eigenvalue weighted by atomic mass is 10.2. The number of aliphatic carboxylic acids is 1. The fraction of sp³-hybridized carbons (Fsp3) is 0.462. The minimum Gasteiger partial charge on any atom is -0.491 e. The molecule has 0 aliphatic heterocycles. The molecule has 0 fully saturated rings. The molecule has 0 saturated heterocycles. The number of hydrogen-bond acceptors (Lipinski definition) is 4. The Kier molecular flexibility index (Phi) is 5.45. The van der Waals surface area contributed by atoms with E-state index in [-0.39, 0.29) is 6.10 Å². The van der Waals surface area contributed by atoms with Crippen LogP contribution in [-0.4, -0.2) is 29.8 Å². The van der Waals surface area contributed by atoms with Gasteiger partial charge in [0, 0.05) is 12.2 Å². The molecule has 0 aromatic heterocycles. The highest BCUT2D eigenvalue weighted by Gasteiger charge is 2.09. The van der Waals surface area contributed by atoms with Gasteiger partial charge in [0.2, 0.25) is 0 Å². The number of rotatable bonds is 7. The molecule has 5 nitrogen and oxygen atoms in total. The van der Waals surface area contributed by atoms with E-state index in [1.54, 1.807) is 0 Å². The van der Waals surface area contributed by atoms with E-state index in [0.29, 0.717) is 13.0 Å². The zero-order chi connectivity index (χ0) is 13.5. The Bertz CT molecular complexity index is 376. The average Bonchev–Trinajstić information content (AvgIpc) is 2.30. The molecule has 0 saturated carbocycles. The summed E-state index contributed by atoms with van der Waals surface area (Å²) in [5.74, 6) is -0.157. The Morgan fingerprint density at radius 2 is 2.00 bits per heavy atom. The van der Waals surface area contributed by atoms with Crippen molar-refractivity contribution < 1.29 is 14.6 Å². The maximum absolute atomic E-state index is 10.5. The smallest absolute Gasteiger partial charge is 0.320 e. The molecular weight excluding hydrogens is 232 g/mol. The summed E-state index contributed by atoms with van der Waals surface area (Å²) in [7, 11) is 0. The normalized spacial score (nSPS) is 12.2. The molecule has 0 heterocycles. The van der Waals surface area contributed by atoms with Crippen molar-refractivity contribution in [3.05, 3.63) is 24.3 Å². The molecule has 0 spiro atoms. The van der Waals surface area contributed by atoms with Gasteiger partial charge in [-0.15, -0.1) is 0 Å². The highest BCUT2D eigenvalue weighted by molar-refractivity contribution is 5.73. The molecule has 4 N–H and O–H groups in total. The minimum absolute atomic E-state index is 0.150. The molecule has 1 aromatic rings. The van der Waals surface area contributed by atoms with Crippen molar-refractivity contribution in [2.75, 3.05) is 11.9 Å². The predicted octanol–water partition coefficient (Wildman–Crippen LogP) is 1.69. The number of carboxylic acid groups (broad SMARTS) is 1. The van der Waals surface area contributed by atoms with E-state index < -0.39 is 12.0 Å². The second-order valence-corrected chi connectivity index (χ2v) is 4.35. The van der Waals surface area contributed by atoms with Gasteiger partial charge in [0.1, 0.15) is 11.8 Å². The standard InChI is InChI=1S/C13H20N2O3/c1-9(2)18-11-5-3-10(4-6-11)15-8-7-12(14)13(16)17/h3-6,9,12,15H,7-8,14H2,1-2H3,(H,16,17). The van der Waals surface area contributed by atoms with E-state index in [9.17, 15) is 4.79 Å². The first-order valence-corrected chi connectivity index (χ1v) is 5.98. The van der Waals surface area contributed by atoms with Gasteiger partial charge in [0.05, 0.1) is 6.10 Å². The van der Waals surface area contributed by atoms with Crippen LogP contribution in [-0.2, 0) is 4.79 Å². The second-order valence-electron chi connectivity index (χ2n) is 4.35. The molecule has 0 amide bonds. The topological polar surface area (TPSA) is 84.6 Å². The first-order valence-electron chi connectivity index (χ1n) is 5.98. The molecule has 1 unspecified atom stereocenters. The van der Waals surface area contributed by atoms with Crippen LogP contribution >= 0.6 is 0 Å². The van der Waals surface area contributed by atoms with Gasteiger partial charge >= 0.3 is 5.97 Å². The molecule has 1 atom stereocenters. The molecule has 0 aliphatic carbocycles.